The number of hydrogen-bond acceptors (Lipinski definition) is 6. The molecular weight excluding hydrogens is 383 g/mol. The fraction of sp³-hybridized carbons (Fsp3) is 0.167. The molecule has 0 aliphatic carbocycles. The molecule has 0 saturated heterocycles. The second-order valence-corrected chi connectivity index (χ2v) is 6.68. The highest BCUT2D eigenvalue weighted by Gasteiger charge is 2.26. The summed E-state index contributed by atoms with van der Waals surface area (Å²) in [5.41, 5.74) is 1.09. The van der Waals surface area contributed by atoms with Gasteiger partial charge in [0.25, 0.3) is 0 Å². The van der Waals surface area contributed by atoms with Gasteiger partial charge in [0, 0.05) is 6.54 Å². The van der Waals surface area contributed by atoms with Crippen molar-refractivity contribution in [1.82, 2.24) is 30.8 Å². The second kappa shape index (κ2) is 9.09. The Kier molecular flexibility index (Phi) is 6.33. The zero-order chi connectivity index (χ0) is 19.9. The van der Waals surface area contributed by atoms with Crippen LogP contribution in [0.2, 0.25) is 0 Å². The Balaban J connectivity index is 1.90. The van der Waals surface area contributed by atoms with Gasteiger partial charge in [-0.25, -0.2) is 9.18 Å². The lowest BCUT2D eigenvalue weighted by Crippen LogP contribution is -2.41. The quantitative estimate of drug-likeness (QED) is 0.617. The number of carbonyl (C=O) groups excluding carboxylic acids is 2. The van der Waals surface area contributed by atoms with Gasteiger partial charge in [-0.05, 0) is 41.1 Å². The summed E-state index contributed by atoms with van der Waals surface area (Å²) in [6.07, 6.45) is 0. The maximum absolute atomic E-state index is 13.6. The molecule has 8 nitrogen and oxygen atoms in total. The van der Waals surface area contributed by atoms with Crippen LogP contribution in [-0.2, 0) is 4.79 Å². The Labute approximate surface area is 164 Å². The molecule has 1 atom stereocenters. The molecular formula is C18H17FN6O2S. The van der Waals surface area contributed by atoms with E-state index < -0.39 is 23.0 Å². The molecule has 3 rings (SSSR count). The minimum Gasteiger partial charge on any atom is -0.338 e. The third-order valence-corrected chi connectivity index (χ3v) is 4.82. The zero-order valence-corrected chi connectivity index (χ0v) is 15.7. The Hall–Kier alpha value is -3.27. The van der Waals surface area contributed by atoms with Crippen molar-refractivity contribution in [2.45, 2.75) is 17.3 Å². The lowest BCUT2D eigenvalue weighted by Gasteiger charge is -2.16. The summed E-state index contributed by atoms with van der Waals surface area (Å²) < 4.78 is 14.9. The maximum atomic E-state index is 13.6. The summed E-state index contributed by atoms with van der Waals surface area (Å²) in [6, 6.07) is 14.1. The lowest BCUT2D eigenvalue weighted by atomic mass is 10.1. The molecule has 0 spiro atoms. The number of hydrogen-bond donors (Lipinski definition) is 2. The third-order valence-electron chi connectivity index (χ3n) is 3.63. The molecule has 0 bridgehead atoms. The number of benzene rings is 2. The predicted molar refractivity (Wildman–Crippen MR) is 101 cm³/mol. The van der Waals surface area contributed by atoms with Crippen molar-refractivity contribution in [1.29, 1.82) is 0 Å². The van der Waals surface area contributed by atoms with Crippen molar-refractivity contribution in [3.63, 3.8) is 0 Å². The van der Waals surface area contributed by atoms with Crippen LogP contribution in [0.15, 0.2) is 59.8 Å². The molecule has 0 fully saturated rings. The van der Waals surface area contributed by atoms with Crippen molar-refractivity contribution in [3.8, 4) is 5.69 Å². The van der Waals surface area contributed by atoms with Crippen molar-refractivity contribution >= 4 is 23.7 Å². The van der Waals surface area contributed by atoms with Gasteiger partial charge in [0.15, 0.2) is 0 Å². The molecule has 0 saturated carbocycles. The van der Waals surface area contributed by atoms with Crippen molar-refractivity contribution in [2.24, 2.45) is 0 Å². The van der Waals surface area contributed by atoms with E-state index in [-0.39, 0.29) is 5.16 Å². The van der Waals surface area contributed by atoms with Gasteiger partial charge in [0.2, 0.25) is 11.1 Å². The van der Waals surface area contributed by atoms with Crippen molar-refractivity contribution < 1.29 is 14.0 Å². The van der Waals surface area contributed by atoms with Crippen LogP contribution in [0.1, 0.15) is 17.7 Å². The first-order valence-corrected chi connectivity index (χ1v) is 9.31. The highest BCUT2D eigenvalue weighted by atomic mass is 32.2. The maximum Gasteiger partial charge on any atom is 0.321 e. The van der Waals surface area contributed by atoms with E-state index in [1.54, 1.807) is 37.3 Å². The van der Waals surface area contributed by atoms with Gasteiger partial charge in [-0.3, -0.25) is 10.1 Å². The molecule has 2 N–H and O–H groups in total. The molecule has 0 aliphatic rings. The Morgan fingerprint density at radius 2 is 1.96 bits per heavy atom. The van der Waals surface area contributed by atoms with Gasteiger partial charge < -0.3 is 5.32 Å². The van der Waals surface area contributed by atoms with Gasteiger partial charge in [-0.15, -0.1) is 5.10 Å². The smallest absolute Gasteiger partial charge is 0.321 e. The molecule has 10 heteroatoms. The number of thioether (sulfide) groups is 1. The van der Waals surface area contributed by atoms with Crippen molar-refractivity contribution in [3.05, 3.63) is 66.0 Å². The van der Waals surface area contributed by atoms with Crippen LogP contribution in [-0.4, -0.2) is 38.7 Å². The van der Waals surface area contributed by atoms with Crippen LogP contribution in [0.3, 0.4) is 0 Å². The Bertz CT molecular complexity index is 965. The zero-order valence-electron chi connectivity index (χ0n) is 14.9. The number of urea groups is 1. The van der Waals surface area contributed by atoms with Gasteiger partial charge in [-0.1, -0.05) is 48.2 Å². The fourth-order valence-electron chi connectivity index (χ4n) is 2.41. The van der Waals surface area contributed by atoms with E-state index in [0.717, 1.165) is 11.8 Å². The molecule has 144 valence electrons. The molecule has 0 radical (unpaired) electrons. The predicted octanol–water partition coefficient (Wildman–Crippen LogP) is 2.48. The standard InChI is InChI=1S/C18H17FN6O2S/c1-2-20-17(27)21-16(26)15(12-7-4-3-5-8-12)28-18-22-23-24-25(18)14-10-6-9-13(19)11-14/h3-11,15H,2H2,1H3,(H2,20,21,26,27)/t15-/m1/s1. The van der Waals surface area contributed by atoms with Crippen LogP contribution in [0.4, 0.5) is 9.18 Å². The van der Waals surface area contributed by atoms with Crippen LogP contribution in [0, 0.1) is 5.82 Å². The monoisotopic (exact) mass is 400 g/mol. The number of rotatable bonds is 6. The molecule has 0 aliphatic heterocycles. The summed E-state index contributed by atoms with van der Waals surface area (Å²) in [6.45, 7) is 2.14. The first-order valence-electron chi connectivity index (χ1n) is 8.43. The topological polar surface area (TPSA) is 102 Å². The molecule has 28 heavy (non-hydrogen) atoms. The molecule has 3 aromatic rings. The highest BCUT2D eigenvalue weighted by Crippen LogP contribution is 2.34. The largest absolute Gasteiger partial charge is 0.338 e. The van der Waals surface area contributed by atoms with E-state index in [4.69, 9.17) is 0 Å². The number of halogens is 1. The molecule has 1 aromatic heterocycles. The number of aromatic nitrogens is 4. The average Bonchev–Trinajstić information content (AvgIpc) is 3.15. The van der Waals surface area contributed by atoms with Gasteiger partial charge in [0.05, 0.1) is 5.69 Å². The lowest BCUT2D eigenvalue weighted by molar-refractivity contribution is -0.119. The van der Waals surface area contributed by atoms with E-state index in [1.807, 2.05) is 6.07 Å². The van der Waals surface area contributed by atoms with Gasteiger partial charge in [0.1, 0.15) is 11.1 Å². The number of imide groups is 1. The number of tetrazole rings is 1. The average molecular weight is 400 g/mol. The fourth-order valence-corrected chi connectivity index (χ4v) is 3.41. The number of carbonyl (C=O) groups is 2. The van der Waals surface area contributed by atoms with Gasteiger partial charge >= 0.3 is 6.03 Å². The van der Waals surface area contributed by atoms with Crippen molar-refractivity contribution in [2.75, 3.05) is 6.54 Å². The minimum absolute atomic E-state index is 0.283. The first kappa shape index (κ1) is 19.5. The van der Waals surface area contributed by atoms with E-state index in [2.05, 4.69) is 26.2 Å². The molecule has 0 unspecified atom stereocenters. The van der Waals surface area contributed by atoms with E-state index in [0.29, 0.717) is 17.8 Å². The first-order chi connectivity index (χ1) is 13.6. The summed E-state index contributed by atoms with van der Waals surface area (Å²) in [5, 5.41) is 15.8. The summed E-state index contributed by atoms with van der Waals surface area (Å²) in [7, 11) is 0. The number of amides is 3. The molecule has 2 aromatic carbocycles. The van der Waals surface area contributed by atoms with Crippen LogP contribution < -0.4 is 10.6 Å². The van der Waals surface area contributed by atoms with E-state index in [1.165, 1.54) is 22.9 Å². The SMILES string of the molecule is CCNC(=O)NC(=O)[C@H](Sc1nnnn1-c1cccc(F)c1)c1ccccc1. The second-order valence-electron chi connectivity index (χ2n) is 5.61. The van der Waals surface area contributed by atoms with Gasteiger partial charge in [-0.2, -0.15) is 4.68 Å². The summed E-state index contributed by atoms with van der Waals surface area (Å²) in [5.74, 6) is -0.950. The summed E-state index contributed by atoms with van der Waals surface area (Å²) in [4.78, 5) is 24.5. The molecule has 3 amide bonds. The summed E-state index contributed by atoms with van der Waals surface area (Å²) >= 11 is 1.06. The third kappa shape index (κ3) is 4.71. The van der Waals surface area contributed by atoms with Crippen LogP contribution in [0.5, 0.6) is 0 Å². The molecule has 1 heterocycles. The number of nitrogens with one attached hydrogen (secondary N) is 2. The normalized spacial score (nSPS) is 11.6. The van der Waals surface area contributed by atoms with Crippen LogP contribution >= 0.6 is 11.8 Å². The minimum atomic E-state index is -0.790. The Morgan fingerprint density at radius 3 is 2.68 bits per heavy atom. The van der Waals surface area contributed by atoms with Crippen LogP contribution in [0.25, 0.3) is 5.69 Å². The van der Waals surface area contributed by atoms with E-state index in [9.17, 15) is 14.0 Å². The highest BCUT2D eigenvalue weighted by molar-refractivity contribution is 8.00. The Morgan fingerprint density at radius 1 is 1.18 bits per heavy atom. The number of nitrogens with zero attached hydrogens (tertiary/aromatic N) is 4. The van der Waals surface area contributed by atoms with E-state index >= 15 is 0 Å².